The minimum absolute atomic E-state index is 0.301. The Morgan fingerprint density at radius 2 is 2.00 bits per heavy atom. The molecule has 0 saturated heterocycles. The number of nitrogens with zero attached hydrogens (tertiary/aromatic N) is 1. The summed E-state index contributed by atoms with van der Waals surface area (Å²) in [5, 5.41) is 8.94. The number of hydrogen-bond donors (Lipinski definition) is 1. The predicted molar refractivity (Wildman–Crippen MR) is 69.7 cm³/mol. The molecule has 2 aromatic rings. The van der Waals surface area contributed by atoms with Crippen molar-refractivity contribution in [3.05, 3.63) is 56.6 Å². The van der Waals surface area contributed by atoms with Gasteiger partial charge in [0.1, 0.15) is 0 Å². The van der Waals surface area contributed by atoms with Crippen LogP contribution in [0.4, 0.5) is 0 Å². The fourth-order valence-corrected chi connectivity index (χ4v) is 2.06. The van der Waals surface area contributed by atoms with Crippen molar-refractivity contribution in [3.8, 4) is 0 Å². The van der Waals surface area contributed by atoms with Gasteiger partial charge in [-0.05, 0) is 31.9 Å². The van der Waals surface area contributed by atoms with Gasteiger partial charge in [-0.1, -0.05) is 23.8 Å². The van der Waals surface area contributed by atoms with E-state index in [4.69, 9.17) is 9.63 Å². The highest BCUT2D eigenvalue weighted by Crippen LogP contribution is 2.14. The van der Waals surface area contributed by atoms with Gasteiger partial charge in [-0.2, -0.15) is 0 Å². The summed E-state index contributed by atoms with van der Waals surface area (Å²) >= 11 is 0. The molecule has 0 aliphatic carbocycles. The van der Waals surface area contributed by atoms with E-state index in [2.05, 4.69) is 0 Å². The molecule has 0 atom stereocenters. The van der Waals surface area contributed by atoms with Crippen molar-refractivity contribution in [1.82, 2.24) is 4.74 Å². The topological polar surface area (TPSA) is 72.4 Å². The van der Waals surface area contributed by atoms with Crippen LogP contribution in [0.5, 0.6) is 0 Å². The lowest BCUT2D eigenvalue weighted by molar-refractivity contribution is 0.0693. The number of aromatic carboxylic acids is 1. The number of carbonyl (C=O) groups is 1. The second-order valence-electron chi connectivity index (χ2n) is 4.61. The summed E-state index contributed by atoms with van der Waals surface area (Å²) in [7, 11) is 0. The summed E-state index contributed by atoms with van der Waals surface area (Å²) in [5.74, 6) is -1.26. The molecule has 5 nitrogen and oxygen atoms in total. The van der Waals surface area contributed by atoms with Gasteiger partial charge in [-0.15, -0.1) is 0 Å². The second-order valence-corrected chi connectivity index (χ2v) is 4.61. The molecule has 0 radical (unpaired) electrons. The van der Waals surface area contributed by atoms with Crippen LogP contribution in [0.2, 0.25) is 0 Å². The highest BCUT2D eigenvalue weighted by atomic mass is 16.5. The Morgan fingerprint density at radius 1 is 1.32 bits per heavy atom. The summed E-state index contributed by atoms with van der Waals surface area (Å²) < 4.78 is 6.30. The van der Waals surface area contributed by atoms with Gasteiger partial charge >= 0.3 is 11.6 Å². The van der Waals surface area contributed by atoms with Gasteiger partial charge in [0.2, 0.25) is 0 Å². The van der Waals surface area contributed by atoms with Crippen LogP contribution >= 0.6 is 0 Å². The van der Waals surface area contributed by atoms with E-state index in [9.17, 15) is 9.59 Å². The average molecular weight is 261 g/mol. The fraction of sp³-hybridized carbons (Fsp3) is 0.286. The average Bonchev–Trinajstić information content (AvgIpc) is 2.58. The highest BCUT2D eigenvalue weighted by molar-refractivity contribution is 5.88. The molecule has 1 aromatic carbocycles. The maximum atomic E-state index is 11.5. The third-order valence-electron chi connectivity index (χ3n) is 3.16. The van der Waals surface area contributed by atoms with Crippen molar-refractivity contribution < 1.29 is 14.4 Å². The number of aromatic nitrogens is 1. The van der Waals surface area contributed by atoms with Gasteiger partial charge in [0, 0.05) is 0 Å². The summed E-state index contributed by atoms with van der Waals surface area (Å²) in [6, 6.07) is 5.95. The van der Waals surface area contributed by atoms with Crippen molar-refractivity contribution in [2.75, 3.05) is 0 Å². The highest BCUT2D eigenvalue weighted by Gasteiger charge is 2.20. The van der Waals surface area contributed by atoms with Crippen LogP contribution in [0.1, 0.15) is 32.7 Å². The molecule has 1 aromatic heterocycles. The van der Waals surface area contributed by atoms with Crippen molar-refractivity contribution in [1.29, 1.82) is 0 Å². The largest absolute Gasteiger partial charge is 0.477 e. The first kappa shape index (κ1) is 13.1. The Hall–Kier alpha value is -2.30. The first-order chi connectivity index (χ1) is 8.90. The first-order valence-electron chi connectivity index (χ1n) is 5.90. The van der Waals surface area contributed by atoms with Gasteiger partial charge in [0.05, 0.1) is 12.2 Å². The van der Waals surface area contributed by atoms with Gasteiger partial charge in [-0.3, -0.25) is 0 Å². The lowest BCUT2D eigenvalue weighted by Gasteiger charge is -2.08. The van der Waals surface area contributed by atoms with Crippen LogP contribution in [0.15, 0.2) is 27.5 Å². The molecule has 0 spiro atoms. The van der Waals surface area contributed by atoms with E-state index in [1.807, 2.05) is 32.0 Å². The Bertz CT molecular complexity index is 694. The van der Waals surface area contributed by atoms with E-state index in [0.717, 1.165) is 16.7 Å². The number of aryl methyl sites for hydroxylation is 2. The zero-order chi connectivity index (χ0) is 14.2. The van der Waals surface area contributed by atoms with E-state index in [1.165, 1.54) is 4.74 Å². The number of carboxylic acids is 1. The molecule has 0 saturated carbocycles. The number of benzene rings is 1. The van der Waals surface area contributed by atoms with E-state index in [1.54, 1.807) is 6.92 Å². The zero-order valence-electron chi connectivity index (χ0n) is 11.1. The molecule has 0 aliphatic rings. The standard InChI is InChI=1S/C14H15NO4/c1-8-4-5-11(9(2)6-8)7-15-10(3)12(13(16)17)14(18)19-15/h4-6H,7H2,1-3H3,(H,16,17). The monoisotopic (exact) mass is 261 g/mol. The Labute approximate surface area is 110 Å². The van der Waals surface area contributed by atoms with E-state index < -0.39 is 11.6 Å². The molecule has 0 amide bonds. The molecule has 0 aliphatic heterocycles. The van der Waals surface area contributed by atoms with Crippen LogP contribution in [0.25, 0.3) is 0 Å². The van der Waals surface area contributed by atoms with Crippen molar-refractivity contribution in [2.24, 2.45) is 0 Å². The minimum atomic E-state index is -1.26. The van der Waals surface area contributed by atoms with Crippen LogP contribution in [-0.2, 0) is 6.54 Å². The van der Waals surface area contributed by atoms with Crippen LogP contribution in [0.3, 0.4) is 0 Å². The van der Waals surface area contributed by atoms with Crippen LogP contribution in [-0.4, -0.2) is 15.8 Å². The molecular weight excluding hydrogens is 246 g/mol. The summed E-state index contributed by atoms with van der Waals surface area (Å²) in [5.41, 5.74) is 2.44. The Kier molecular flexibility index (Phi) is 3.29. The quantitative estimate of drug-likeness (QED) is 0.918. The van der Waals surface area contributed by atoms with Crippen molar-refractivity contribution in [3.63, 3.8) is 0 Å². The molecule has 0 fully saturated rings. The lowest BCUT2D eigenvalue weighted by Crippen LogP contribution is -2.09. The smallest absolute Gasteiger partial charge is 0.372 e. The third-order valence-corrected chi connectivity index (χ3v) is 3.16. The molecule has 100 valence electrons. The molecule has 1 N–H and O–H groups in total. The Morgan fingerprint density at radius 3 is 2.53 bits per heavy atom. The maximum Gasteiger partial charge on any atom is 0.372 e. The van der Waals surface area contributed by atoms with Crippen LogP contribution in [0, 0.1) is 20.8 Å². The number of rotatable bonds is 3. The van der Waals surface area contributed by atoms with Crippen LogP contribution < -0.4 is 5.63 Å². The van der Waals surface area contributed by atoms with Crippen molar-refractivity contribution in [2.45, 2.75) is 27.3 Å². The van der Waals surface area contributed by atoms with Gasteiger partial charge in [-0.25, -0.2) is 14.3 Å². The van der Waals surface area contributed by atoms with Gasteiger partial charge in [0.15, 0.2) is 5.56 Å². The van der Waals surface area contributed by atoms with E-state index in [-0.39, 0.29) is 5.56 Å². The SMILES string of the molecule is Cc1ccc(Cn2oc(=O)c(C(=O)O)c2C)c(C)c1. The summed E-state index contributed by atoms with van der Waals surface area (Å²) in [6.07, 6.45) is 0. The normalized spacial score (nSPS) is 10.7. The second kappa shape index (κ2) is 4.76. The number of carboxylic acid groups (broad SMARTS) is 1. The van der Waals surface area contributed by atoms with Gasteiger partial charge < -0.3 is 9.63 Å². The van der Waals surface area contributed by atoms with Gasteiger partial charge in [0.25, 0.3) is 0 Å². The Balaban J connectivity index is 2.42. The summed E-state index contributed by atoms with van der Waals surface area (Å²) in [6.45, 7) is 5.88. The van der Waals surface area contributed by atoms with E-state index in [0.29, 0.717) is 12.2 Å². The maximum absolute atomic E-state index is 11.5. The third kappa shape index (κ3) is 2.45. The fourth-order valence-electron chi connectivity index (χ4n) is 2.06. The van der Waals surface area contributed by atoms with Crippen molar-refractivity contribution >= 4 is 5.97 Å². The number of hydrogen-bond acceptors (Lipinski definition) is 3. The molecule has 2 rings (SSSR count). The van der Waals surface area contributed by atoms with E-state index >= 15 is 0 Å². The lowest BCUT2D eigenvalue weighted by atomic mass is 10.1. The molecular formula is C14H15NO4. The zero-order valence-corrected chi connectivity index (χ0v) is 11.1. The summed E-state index contributed by atoms with van der Waals surface area (Å²) in [4.78, 5) is 22.4. The molecule has 5 heteroatoms. The molecule has 1 heterocycles. The first-order valence-corrected chi connectivity index (χ1v) is 5.90. The predicted octanol–water partition coefficient (Wildman–Crippen LogP) is 2.11. The molecule has 19 heavy (non-hydrogen) atoms. The molecule has 0 bridgehead atoms. The minimum Gasteiger partial charge on any atom is -0.477 e. The molecule has 0 unspecified atom stereocenters.